The number of carbonyl (C=O) groups excluding carboxylic acids is 3. The fraction of sp³-hybridized carbons (Fsp3) is 0.688. The molecule has 0 fully saturated rings. The van der Waals surface area contributed by atoms with E-state index >= 15 is 0 Å². The van der Waals surface area contributed by atoms with Crippen LogP contribution in [0.5, 0.6) is 0 Å². The Labute approximate surface area is 132 Å². The zero-order valence-electron chi connectivity index (χ0n) is 14.3. The van der Waals surface area contributed by atoms with Gasteiger partial charge in [-0.25, -0.2) is 9.59 Å². The number of carbonyl (C=O) groups is 3. The summed E-state index contributed by atoms with van der Waals surface area (Å²) in [7, 11) is 0. The molecule has 0 heterocycles. The zero-order valence-corrected chi connectivity index (χ0v) is 14.3. The Kier molecular flexibility index (Phi) is 8.45. The summed E-state index contributed by atoms with van der Waals surface area (Å²) in [6.07, 6.45) is 2.03. The summed E-state index contributed by atoms with van der Waals surface area (Å²) in [5.74, 6) is -1.25. The van der Waals surface area contributed by atoms with E-state index in [0.29, 0.717) is 0 Å². The Hall–Kier alpha value is -1.85. The SMILES string of the molecule is CCOC(=O)/C=C/C(=O)OCC(NC(=O)C(C)(C)C)C(C)C. The first-order valence-electron chi connectivity index (χ1n) is 7.40. The van der Waals surface area contributed by atoms with Gasteiger partial charge in [-0.1, -0.05) is 34.6 Å². The molecule has 0 aromatic rings. The van der Waals surface area contributed by atoms with E-state index in [2.05, 4.69) is 10.1 Å². The van der Waals surface area contributed by atoms with Crippen molar-refractivity contribution in [2.45, 2.75) is 47.6 Å². The van der Waals surface area contributed by atoms with Crippen LogP contribution in [0.15, 0.2) is 12.2 Å². The molecule has 0 aliphatic heterocycles. The molecule has 0 aliphatic carbocycles. The van der Waals surface area contributed by atoms with Crippen LogP contribution >= 0.6 is 0 Å². The van der Waals surface area contributed by atoms with Gasteiger partial charge in [0.05, 0.1) is 12.6 Å². The minimum absolute atomic E-state index is 0.0471. The highest BCUT2D eigenvalue weighted by Crippen LogP contribution is 2.14. The van der Waals surface area contributed by atoms with Crippen molar-refractivity contribution in [2.24, 2.45) is 11.3 Å². The topological polar surface area (TPSA) is 81.7 Å². The first kappa shape index (κ1) is 20.1. The number of ether oxygens (including phenoxy) is 2. The second-order valence-electron chi connectivity index (χ2n) is 6.29. The molecule has 0 spiro atoms. The maximum atomic E-state index is 12.0. The van der Waals surface area contributed by atoms with Crippen LogP contribution in [-0.2, 0) is 23.9 Å². The average Bonchev–Trinajstić information content (AvgIpc) is 2.39. The summed E-state index contributed by atoms with van der Waals surface area (Å²) in [6, 6.07) is -0.285. The number of hydrogen-bond donors (Lipinski definition) is 1. The van der Waals surface area contributed by atoms with E-state index in [1.54, 1.807) is 6.92 Å². The second-order valence-corrected chi connectivity index (χ2v) is 6.29. The van der Waals surface area contributed by atoms with E-state index in [-0.39, 0.29) is 31.1 Å². The summed E-state index contributed by atoms with van der Waals surface area (Å²) in [5, 5.41) is 2.87. The maximum Gasteiger partial charge on any atom is 0.331 e. The lowest BCUT2D eigenvalue weighted by atomic mass is 9.94. The number of hydrogen-bond acceptors (Lipinski definition) is 5. The van der Waals surface area contributed by atoms with Gasteiger partial charge in [0, 0.05) is 17.6 Å². The second kappa shape index (κ2) is 9.23. The summed E-state index contributed by atoms with van der Waals surface area (Å²) in [4.78, 5) is 34.6. The van der Waals surface area contributed by atoms with Crippen molar-refractivity contribution < 1.29 is 23.9 Å². The maximum absolute atomic E-state index is 12.0. The van der Waals surface area contributed by atoms with Gasteiger partial charge in [0.2, 0.25) is 5.91 Å². The molecule has 1 amide bonds. The molecule has 22 heavy (non-hydrogen) atoms. The van der Waals surface area contributed by atoms with Crippen LogP contribution in [0.2, 0.25) is 0 Å². The molecular weight excluding hydrogens is 286 g/mol. The molecule has 1 atom stereocenters. The smallest absolute Gasteiger partial charge is 0.331 e. The molecule has 0 saturated heterocycles. The molecule has 1 N–H and O–H groups in total. The first-order chi connectivity index (χ1) is 10.1. The Balaban J connectivity index is 4.45. The molecule has 6 heteroatoms. The summed E-state index contributed by atoms with van der Waals surface area (Å²) in [6.45, 7) is 11.3. The van der Waals surface area contributed by atoms with Crippen molar-refractivity contribution in [3.05, 3.63) is 12.2 Å². The normalized spacial score (nSPS) is 13.0. The summed E-state index contributed by atoms with van der Waals surface area (Å²) < 4.78 is 9.71. The Morgan fingerprint density at radius 1 is 1.05 bits per heavy atom. The van der Waals surface area contributed by atoms with E-state index in [4.69, 9.17) is 4.74 Å². The van der Waals surface area contributed by atoms with Gasteiger partial charge in [-0.2, -0.15) is 0 Å². The van der Waals surface area contributed by atoms with Crippen molar-refractivity contribution in [2.75, 3.05) is 13.2 Å². The van der Waals surface area contributed by atoms with Crippen LogP contribution in [-0.4, -0.2) is 37.1 Å². The molecular formula is C16H27NO5. The molecule has 0 aromatic heterocycles. The van der Waals surface area contributed by atoms with E-state index in [0.717, 1.165) is 12.2 Å². The van der Waals surface area contributed by atoms with Crippen molar-refractivity contribution in [1.82, 2.24) is 5.32 Å². The average molecular weight is 313 g/mol. The standard InChI is InChI=1S/C16H27NO5/c1-7-21-13(18)8-9-14(19)22-10-12(11(2)3)17-15(20)16(4,5)6/h8-9,11-12H,7,10H2,1-6H3,(H,17,20)/b9-8+. The van der Waals surface area contributed by atoms with Crippen LogP contribution < -0.4 is 5.32 Å². The van der Waals surface area contributed by atoms with E-state index in [9.17, 15) is 14.4 Å². The molecule has 0 bridgehead atoms. The van der Waals surface area contributed by atoms with E-state index < -0.39 is 17.4 Å². The highest BCUT2D eigenvalue weighted by atomic mass is 16.5. The minimum Gasteiger partial charge on any atom is -0.463 e. The van der Waals surface area contributed by atoms with Crippen molar-refractivity contribution in [3.8, 4) is 0 Å². The number of esters is 2. The van der Waals surface area contributed by atoms with Gasteiger partial charge in [0.15, 0.2) is 0 Å². The lowest BCUT2D eigenvalue weighted by Crippen LogP contribution is -2.46. The highest BCUT2D eigenvalue weighted by molar-refractivity contribution is 5.91. The fourth-order valence-electron chi connectivity index (χ4n) is 1.33. The van der Waals surface area contributed by atoms with Gasteiger partial charge >= 0.3 is 11.9 Å². The van der Waals surface area contributed by atoms with Crippen molar-refractivity contribution in [3.63, 3.8) is 0 Å². The van der Waals surface area contributed by atoms with Crippen molar-refractivity contribution >= 4 is 17.8 Å². The summed E-state index contributed by atoms with van der Waals surface area (Å²) in [5.41, 5.74) is -0.513. The third kappa shape index (κ3) is 8.44. The van der Waals surface area contributed by atoms with Crippen LogP contribution in [0.4, 0.5) is 0 Å². The van der Waals surface area contributed by atoms with Crippen LogP contribution in [0, 0.1) is 11.3 Å². The van der Waals surface area contributed by atoms with E-state index in [1.807, 2.05) is 34.6 Å². The van der Waals surface area contributed by atoms with E-state index in [1.165, 1.54) is 0 Å². The van der Waals surface area contributed by atoms with Gasteiger partial charge < -0.3 is 14.8 Å². The predicted molar refractivity (Wildman–Crippen MR) is 83.0 cm³/mol. The monoisotopic (exact) mass is 313 g/mol. The fourth-order valence-corrected chi connectivity index (χ4v) is 1.33. The largest absolute Gasteiger partial charge is 0.463 e. The van der Waals surface area contributed by atoms with Gasteiger partial charge in [0.25, 0.3) is 0 Å². The lowest BCUT2D eigenvalue weighted by Gasteiger charge is -2.26. The molecule has 0 saturated carbocycles. The number of nitrogens with one attached hydrogen (secondary N) is 1. The van der Waals surface area contributed by atoms with Gasteiger partial charge in [0.1, 0.15) is 6.61 Å². The number of rotatable bonds is 7. The summed E-state index contributed by atoms with van der Waals surface area (Å²) >= 11 is 0. The Morgan fingerprint density at radius 3 is 1.95 bits per heavy atom. The Morgan fingerprint density at radius 2 is 1.55 bits per heavy atom. The van der Waals surface area contributed by atoms with Crippen LogP contribution in [0.25, 0.3) is 0 Å². The molecule has 0 aromatic carbocycles. The highest BCUT2D eigenvalue weighted by Gasteiger charge is 2.26. The molecule has 126 valence electrons. The third-order valence-electron chi connectivity index (χ3n) is 2.85. The minimum atomic E-state index is -0.649. The van der Waals surface area contributed by atoms with Gasteiger partial charge in [-0.05, 0) is 12.8 Å². The molecule has 0 radical (unpaired) electrons. The lowest BCUT2D eigenvalue weighted by molar-refractivity contribution is -0.141. The first-order valence-corrected chi connectivity index (χ1v) is 7.40. The molecule has 6 nitrogen and oxygen atoms in total. The number of amides is 1. The predicted octanol–water partition coefficient (Wildman–Crippen LogP) is 1.84. The molecule has 0 rings (SSSR count). The van der Waals surface area contributed by atoms with Crippen molar-refractivity contribution in [1.29, 1.82) is 0 Å². The van der Waals surface area contributed by atoms with Gasteiger partial charge in [-0.3, -0.25) is 4.79 Å². The quantitative estimate of drug-likeness (QED) is 0.573. The third-order valence-corrected chi connectivity index (χ3v) is 2.85. The molecule has 1 unspecified atom stereocenters. The zero-order chi connectivity index (χ0) is 17.3. The van der Waals surface area contributed by atoms with Crippen LogP contribution in [0.3, 0.4) is 0 Å². The Bertz CT molecular complexity index is 421. The van der Waals surface area contributed by atoms with Gasteiger partial charge in [-0.15, -0.1) is 0 Å². The van der Waals surface area contributed by atoms with Crippen LogP contribution in [0.1, 0.15) is 41.5 Å². The molecule has 0 aliphatic rings.